The number of aromatic hydroxyl groups is 1. The van der Waals surface area contributed by atoms with E-state index in [0.717, 1.165) is 12.8 Å². The average molecular weight is 372 g/mol. The van der Waals surface area contributed by atoms with Crippen LogP contribution in [0.2, 0.25) is 0 Å². The van der Waals surface area contributed by atoms with Crippen LogP contribution in [0.5, 0.6) is 5.88 Å². The lowest BCUT2D eigenvalue weighted by Gasteiger charge is -2.13. The van der Waals surface area contributed by atoms with E-state index in [0.29, 0.717) is 28.9 Å². The number of rotatable bonds is 6. The monoisotopic (exact) mass is 372 g/mol. The molecule has 1 aliphatic carbocycles. The molecule has 11 nitrogen and oxygen atoms in total. The number of hydrogen-bond acceptors (Lipinski definition) is 8. The largest absolute Gasteiger partial charge is 0.493 e. The molecule has 0 bridgehead atoms. The van der Waals surface area contributed by atoms with Crippen molar-refractivity contribution in [1.82, 2.24) is 29.5 Å². The van der Waals surface area contributed by atoms with Crippen LogP contribution in [-0.2, 0) is 0 Å². The number of aliphatic hydroxyl groups is 1. The Balaban J connectivity index is 1.89. The molecule has 0 aromatic carbocycles. The summed E-state index contributed by atoms with van der Waals surface area (Å²) in [7, 11) is 0. The van der Waals surface area contributed by atoms with Crippen molar-refractivity contribution < 1.29 is 10.2 Å². The first-order chi connectivity index (χ1) is 13.1. The minimum absolute atomic E-state index is 0.0448. The smallest absolute Gasteiger partial charge is 0.326 e. The quantitative estimate of drug-likeness (QED) is 0.358. The van der Waals surface area contributed by atoms with Gasteiger partial charge in [-0.2, -0.15) is 19.6 Å². The molecule has 0 saturated heterocycles. The van der Waals surface area contributed by atoms with Gasteiger partial charge in [-0.05, 0) is 25.3 Å². The lowest BCUT2D eigenvalue weighted by atomic mass is 10.2. The number of hydrogen-bond donors (Lipinski definition) is 5. The summed E-state index contributed by atoms with van der Waals surface area (Å²) in [5, 5.41) is 27.2. The van der Waals surface area contributed by atoms with Gasteiger partial charge in [0.1, 0.15) is 5.69 Å². The predicted octanol–water partition coefficient (Wildman–Crippen LogP) is -1.36. The summed E-state index contributed by atoms with van der Waals surface area (Å²) in [6.45, 7) is 1.90. The van der Waals surface area contributed by atoms with Crippen LogP contribution in [0.15, 0.2) is 16.0 Å². The van der Waals surface area contributed by atoms with E-state index in [-0.39, 0.29) is 30.3 Å². The molecule has 0 amide bonds. The first kappa shape index (κ1) is 17.2. The summed E-state index contributed by atoms with van der Waals surface area (Å²) < 4.78 is 1.52. The van der Waals surface area contributed by atoms with Gasteiger partial charge in [-0.3, -0.25) is 4.98 Å². The van der Waals surface area contributed by atoms with E-state index >= 15 is 0 Å². The second kappa shape index (κ2) is 6.83. The molecule has 3 aromatic rings. The second-order valence-corrected chi connectivity index (χ2v) is 6.46. The van der Waals surface area contributed by atoms with Crippen molar-refractivity contribution in [3.05, 3.63) is 33.2 Å². The summed E-state index contributed by atoms with van der Waals surface area (Å²) in [5.41, 5.74) is 0.612. The molecule has 4 rings (SSSR count). The maximum atomic E-state index is 11.3. The number of H-pyrrole nitrogens is 2. The van der Waals surface area contributed by atoms with Crippen molar-refractivity contribution in [1.29, 1.82) is 0 Å². The molecule has 5 N–H and O–H groups in total. The maximum Gasteiger partial charge on any atom is 0.326 e. The highest BCUT2D eigenvalue weighted by atomic mass is 16.3. The molecule has 0 aliphatic heterocycles. The number of anilines is 1. The molecule has 0 spiro atoms. The Morgan fingerprint density at radius 1 is 1.44 bits per heavy atom. The van der Waals surface area contributed by atoms with Gasteiger partial charge in [-0.15, -0.1) is 0 Å². The molecule has 1 saturated carbocycles. The molecule has 1 fully saturated rings. The van der Waals surface area contributed by atoms with Gasteiger partial charge in [0.15, 0.2) is 5.65 Å². The van der Waals surface area contributed by atoms with Gasteiger partial charge in [0, 0.05) is 5.22 Å². The standard InChI is InChI=1S/C16H20N8O3/c1-2-9(7-25)18-14-21-12-8(5-11-13(26)22-16(27)20-11)6-17-24(12)15(23-14)19-10-3-4-10/h5-6,9-10,25-26H,2-4,7H2,1H3,(H,18,19,23)(H2,20,22,27)/b8-5+/t9-/m1/s1. The van der Waals surface area contributed by atoms with E-state index in [1.165, 1.54) is 4.52 Å². The highest BCUT2D eigenvalue weighted by Gasteiger charge is 2.21. The fraction of sp³-hybridized carbons (Fsp3) is 0.438. The number of aliphatic hydroxyl groups excluding tert-OH is 1. The fourth-order valence-electron chi connectivity index (χ4n) is 2.60. The molecule has 0 radical (unpaired) electrons. The van der Waals surface area contributed by atoms with E-state index in [4.69, 9.17) is 0 Å². The Morgan fingerprint density at radius 2 is 2.26 bits per heavy atom. The number of imidazole rings is 1. The molecule has 27 heavy (non-hydrogen) atoms. The minimum atomic E-state index is -0.509. The van der Waals surface area contributed by atoms with Crippen LogP contribution in [0.4, 0.5) is 5.95 Å². The van der Waals surface area contributed by atoms with E-state index in [2.05, 4.69) is 35.3 Å². The van der Waals surface area contributed by atoms with E-state index < -0.39 is 5.69 Å². The second-order valence-electron chi connectivity index (χ2n) is 6.46. The normalized spacial score (nSPS) is 17.0. The van der Waals surface area contributed by atoms with E-state index in [1.807, 2.05) is 6.92 Å². The van der Waals surface area contributed by atoms with Gasteiger partial charge >= 0.3 is 5.69 Å². The molecule has 1 atom stereocenters. The zero-order valence-electron chi connectivity index (χ0n) is 14.7. The third-order valence-electron chi connectivity index (χ3n) is 4.30. The Labute approximate surface area is 152 Å². The Morgan fingerprint density at radius 3 is 2.89 bits per heavy atom. The van der Waals surface area contributed by atoms with Crippen LogP contribution in [0.1, 0.15) is 31.9 Å². The van der Waals surface area contributed by atoms with Gasteiger partial charge in [0.05, 0.1) is 24.9 Å². The van der Waals surface area contributed by atoms with Crippen LogP contribution in [0.25, 0.3) is 11.7 Å². The fourth-order valence-corrected chi connectivity index (χ4v) is 2.60. The van der Waals surface area contributed by atoms with E-state index in [1.54, 1.807) is 12.3 Å². The van der Waals surface area contributed by atoms with E-state index in [9.17, 15) is 15.0 Å². The van der Waals surface area contributed by atoms with Crippen LogP contribution in [0, 0.1) is 0 Å². The van der Waals surface area contributed by atoms with Gasteiger partial charge in [-0.1, -0.05) is 6.92 Å². The molecule has 1 aliphatic rings. The predicted molar refractivity (Wildman–Crippen MR) is 96.0 cm³/mol. The topological polar surface area (TPSA) is 157 Å². The number of fused-ring (bicyclic) bond motifs is 1. The van der Waals surface area contributed by atoms with Crippen molar-refractivity contribution in [2.24, 2.45) is 4.99 Å². The third kappa shape index (κ3) is 3.53. The van der Waals surface area contributed by atoms with Gasteiger partial charge in [0.25, 0.3) is 5.62 Å². The molecule has 0 unspecified atom stereocenters. The molecule has 3 heterocycles. The number of aromatic amines is 2. The summed E-state index contributed by atoms with van der Waals surface area (Å²) in [6, 6.07) is 0.0547. The summed E-state index contributed by atoms with van der Waals surface area (Å²) >= 11 is 0. The first-order valence-electron chi connectivity index (χ1n) is 8.77. The molecule has 11 heteroatoms. The average Bonchev–Trinajstić information content (AvgIpc) is 3.28. The summed E-state index contributed by atoms with van der Waals surface area (Å²) in [5.74, 6) is 0.0747. The van der Waals surface area contributed by atoms with Gasteiger partial charge in [-0.25, -0.2) is 9.79 Å². The third-order valence-corrected chi connectivity index (χ3v) is 4.30. The van der Waals surface area contributed by atoms with Gasteiger partial charge < -0.3 is 20.5 Å². The Bertz CT molecular complexity index is 1140. The highest BCUT2D eigenvalue weighted by molar-refractivity contribution is 5.57. The minimum Gasteiger partial charge on any atom is -0.493 e. The SMILES string of the molecule is CC[C@H](CO)Nc1nc(=NC2CC2)n2nc/c(=C\c3[nH]c(=O)[nH]c3O)c2n1. The highest BCUT2D eigenvalue weighted by Crippen LogP contribution is 2.22. The van der Waals surface area contributed by atoms with Crippen molar-refractivity contribution in [3.8, 4) is 5.88 Å². The summed E-state index contributed by atoms with van der Waals surface area (Å²) in [4.78, 5) is 29.6. The lowest BCUT2D eigenvalue weighted by Crippen LogP contribution is -2.29. The van der Waals surface area contributed by atoms with Crippen molar-refractivity contribution in [2.75, 3.05) is 11.9 Å². The zero-order valence-corrected chi connectivity index (χ0v) is 14.7. The molecular formula is C16H20N8O3. The lowest BCUT2D eigenvalue weighted by molar-refractivity contribution is 0.271. The van der Waals surface area contributed by atoms with Crippen LogP contribution >= 0.6 is 0 Å². The van der Waals surface area contributed by atoms with Crippen LogP contribution in [-0.4, -0.2) is 58.5 Å². The molecular weight excluding hydrogens is 352 g/mol. The molecule has 142 valence electrons. The number of aromatic nitrogens is 6. The summed E-state index contributed by atoms with van der Waals surface area (Å²) in [6.07, 6.45) is 5.86. The molecule has 3 aromatic heterocycles. The van der Waals surface area contributed by atoms with Crippen LogP contribution in [0.3, 0.4) is 0 Å². The number of nitrogens with one attached hydrogen (secondary N) is 3. The van der Waals surface area contributed by atoms with Gasteiger partial charge in [0.2, 0.25) is 11.8 Å². The van der Waals surface area contributed by atoms with Crippen molar-refractivity contribution in [2.45, 2.75) is 38.3 Å². The Kier molecular flexibility index (Phi) is 4.36. The van der Waals surface area contributed by atoms with Crippen molar-refractivity contribution >= 4 is 17.7 Å². The Hall–Kier alpha value is -3.21. The zero-order chi connectivity index (χ0) is 19.0. The van der Waals surface area contributed by atoms with Crippen LogP contribution < -0.4 is 21.8 Å². The number of nitrogens with zero attached hydrogens (tertiary/aromatic N) is 5. The maximum absolute atomic E-state index is 11.3. The van der Waals surface area contributed by atoms with Crippen molar-refractivity contribution in [3.63, 3.8) is 0 Å². The first-order valence-corrected chi connectivity index (χ1v) is 8.77.